The summed E-state index contributed by atoms with van der Waals surface area (Å²) in [6.07, 6.45) is 0. The number of amides is 1. The van der Waals surface area contributed by atoms with Crippen LogP contribution >= 0.6 is 15.9 Å². The fourth-order valence-corrected chi connectivity index (χ4v) is 2.63. The molecular formula is C16H15BrN2O2. The van der Waals surface area contributed by atoms with Gasteiger partial charge in [0.05, 0.1) is 0 Å². The highest BCUT2D eigenvalue weighted by Crippen LogP contribution is 2.33. The van der Waals surface area contributed by atoms with Crippen LogP contribution in [0.5, 0.6) is 5.75 Å². The molecule has 5 heteroatoms. The summed E-state index contributed by atoms with van der Waals surface area (Å²) in [5, 5.41) is 5.85. The van der Waals surface area contributed by atoms with Gasteiger partial charge in [-0.3, -0.25) is 4.79 Å². The molecule has 0 saturated carbocycles. The van der Waals surface area contributed by atoms with Gasteiger partial charge in [-0.05, 0) is 30.8 Å². The Bertz CT molecular complexity index is 670. The van der Waals surface area contributed by atoms with E-state index in [0.29, 0.717) is 6.61 Å². The number of benzene rings is 2. The average molecular weight is 347 g/mol. The first kappa shape index (κ1) is 14.1. The van der Waals surface area contributed by atoms with Crippen LogP contribution in [0, 0.1) is 0 Å². The molecule has 1 aliphatic heterocycles. The number of hydrogen-bond donors (Lipinski definition) is 2. The number of nitrogens with one attached hydrogen (secondary N) is 2. The topological polar surface area (TPSA) is 50.4 Å². The lowest BCUT2D eigenvalue weighted by atomic mass is 10.1. The average Bonchev–Trinajstić information content (AvgIpc) is 2.81. The molecule has 1 atom stereocenters. The molecule has 1 amide bonds. The van der Waals surface area contributed by atoms with Gasteiger partial charge in [-0.15, -0.1) is 0 Å². The van der Waals surface area contributed by atoms with E-state index in [4.69, 9.17) is 4.74 Å². The highest BCUT2D eigenvalue weighted by Gasteiger charge is 2.29. The van der Waals surface area contributed by atoms with Crippen molar-refractivity contribution in [2.75, 3.05) is 12.4 Å². The Labute approximate surface area is 131 Å². The SMILES string of the molecule is CNC1C(=O)Nc2cc(OCc3ccc(Br)cc3)ccc21. The molecule has 3 rings (SSSR count). The van der Waals surface area contributed by atoms with Gasteiger partial charge in [0.2, 0.25) is 5.91 Å². The van der Waals surface area contributed by atoms with Crippen LogP contribution in [0.4, 0.5) is 5.69 Å². The van der Waals surface area contributed by atoms with Gasteiger partial charge >= 0.3 is 0 Å². The Morgan fingerprint density at radius 3 is 2.71 bits per heavy atom. The predicted octanol–water partition coefficient (Wildman–Crippen LogP) is 3.24. The largest absolute Gasteiger partial charge is 0.489 e. The molecule has 0 aromatic heterocycles. The minimum atomic E-state index is -0.277. The van der Waals surface area contributed by atoms with Crippen LogP contribution in [0.25, 0.3) is 0 Å². The molecular weight excluding hydrogens is 332 g/mol. The molecule has 1 unspecified atom stereocenters. The van der Waals surface area contributed by atoms with Crippen LogP contribution in [0.2, 0.25) is 0 Å². The summed E-state index contributed by atoms with van der Waals surface area (Å²) in [6, 6.07) is 13.4. The molecule has 1 aliphatic rings. The maximum Gasteiger partial charge on any atom is 0.246 e. The van der Waals surface area contributed by atoms with E-state index >= 15 is 0 Å². The molecule has 1 heterocycles. The monoisotopic (exact) mass is 346 g/mol. The Balaban J connectivity index is 1.72. The second-order valence-electron chi connectivity index (χ2n) is 4.88. The first-order valence-electron chi connectivity index (χ1n) is 6.66. The molecule has 0 saturated heterocycles. The molecule has 4 nitrogen and oxygen atoms in total. The van der Waals surface area contributed by atoms with E-state index in [1.807, 2.05) is 42.5 Å². The maximum atomic E-state index is 11.8. The second-order valence-corrected chi connectivity index (χ2v) is 5.79. The summed E-state index contributed by atoms with van der Waals surface area (Å²) in [6.45, 7) is 0.496. The van der Waals surface area contributed by atoms with Crippen molar-refractivity contribution in [1.29, 1.82) is 0 Å². The minimum Gasteiger partial charge on any atom is -0.489 e. The van der Waals surface area contributed by atoms with Gasteiger partial charge in [-0.2, -0.15) is 0 Å². The van der Waals surface area contributed by atoms with Crippen molar-refractivity contribution < 1.29 is 9.53 Å². The third-order valence-electron chi connectivity index (χ3n) is 3.46. The van der Waals surface area contributed by atoms with Crippen LogP contribution in [0.3, 0.4) is 0 Å². The number of carbonyl (C=O) groups excluding carboxylic acids is 1. The molecule has 21 heavy (non-hydrogen) atoms. The van der Waals surface area contributed by atoms with Crippen molar-refractivity contribution >= 4 is 27.5 Å². The Kier molecular flexibility index (Phi) is 3.94. The molecule has 0 spiro atoms. The van der Waals surface area contributed by atoms with Gasteiger partial charge in [0.1, 0.15) is 18.4 Å². The third-order valence-corrected chi connectivity index (χ3v) is 3.99. The number of anilines is 1. The van der Waals surface area contributed by atoms with Gasteiger partial charge in [0.15, 0.2) is 0 Å². The Hall–Kier alpha value is -1.85. The van der Waals surface area contributed by atoms with E-state index < -0.39 is 0 Å². The van der Waals surface area contributed by atoms with Crippen LogP contribution < -0.4 is 15.4 Å². The summed E-state index contributed by atoms with van der Waals surface area (Å²) < 4.78 is 6.82. The molecule has 2 N–H and O–H groups in total. The molecule has 108 valence electrons. The molecule has 0 bridgehead atoms. The molecule has 2 aromatic carbocycles. The van der Waals surface area contributed by atoms with Crippen molar-refractivity contribution in [3.8, 4) is 5.75 Å². The van der Waals surface area contributed by atoms with Crippen molar-refractivity contribution in [3.63, 3.8) is 0 Å². The van der Waals surface area contributed by atoms with Crippen molar-refractivity contribution in [1.82, 2.24) is 5.32 Å². The van der Waals surface area contributed by atoms with Gasteiger partial charge < -0.3 is 15.4 Å². The summed E-state index contributed by atoms with van der Waals surface area (Å²) in [4.78, 5) is 11.8. The number of halogens is 1. The van der Waals surface area contributed by atoms with Gasteiger partial charge in [0.25, 0.3) is 0 Å². The minimum absolute atomic E-state index is 0.0300. The fourth-order valence-electron chi connectivity index (χ4n) is 2.37. The van der Waals surface area contributed by atoms with Crippen molar-refractivity contribution in [2.24, 2.45) is 0 Å². The first-order chi connectivity index (χ1) is 10.2. The number of ether oxygens (including phenoxy) is 1. The zero-order valence-electron chi connectivity index (χ0n) is 11.5. The van der Waals surface area contributed by atoms with Crippen molar-refractivity contribution in [3.05, 3.63) is 58.1 Å². The number of carbonyl (C=O) groups is 1. The summed E-state index contributed by atoms with van der Waals surface area (Å²) in [5.74, 6) is 0.714. The van der Waals surface area contributed by atoms with E-state index in [1.54, 1.807) is 7.05 Å². The number of likely N-dealkylation sites (N-methyl/N-ethyl adjacent to an activating group) is 1. The van der Waals surface area contributed by atoms with Crippen LogP contribution in [0.15, 0.2) is 46.9 Å². The Morgan fingerprint density at radius 2 is 2.00 bits per heavy atom. The number of hydrogen-bond acceptors (Lipinski definition) is 3. The van der Waals surface area contributed by atoms with E-state index in [9.17, 15) is 4.79 Å². The van der Waals surface area contributed by atoms with Crippen LogP contribution in [-0.2, 0) is 11.4 Å². The summed E-state index contributed by atoms with van der Waals surface area (Å²) in [7, 11) is 1.78. The lowest BCUT2D eigenvalue weighted by Crippen LogP contribution is -2.23. The molecule has 2 aromatic rings. The highest BCUT2D eigenvalue weighted by molar-refractivity contribution is 9.10. The quantitative estimate of drug-likeness (QED) is 0.893. The van der Waals surface area contributed by atoms with Crippen LogP contribution in [-0.4, -0.2) is 13.0 Å². The van der Waals surface area contributed by atoms with E-state index in [0.717, 1.165) is 27.0 Å². The molecule has 0 aliphatic carbocycles. The molecule has 0 radical (unpaired) electrons. The first-order valence-corrected chi connectivity index (χ1v) is 7.46. The van der Waals surface area contributed by atoms with Gasteiger partial charge in [-0.1, -0.05) is 34.1 Å². The van der Waals surface area contributed by atoms with Crippen molar-refractivity contribution in [2.45, 2.75) is 12.6 Å². The van der Waals surface area contributed by atoms with Gasteiger partial charge in [0, 0.05) is 21.8 Å². The normalized spacial score (nSPS) is 16.5. The zero-order chi connectivity index (χ0) is 14.8. The van der Waals surface area contributed by atoms with Crippen LogP contribution in [0.1, 0.15) is 17.2 Å². The third kappa shape index (κ3) is 2.94. The molecule has 0 fully saturated rings. The van der Waals surface area contributed by atoms with E-state index in [1.165, 1.54) is 0 Å². The number of fused-ring (bicyclic) bond motifs is 1. The van der Waals surface area contributed by atoms with E-state index in [-0.39, 0.29) is 11.9 Å². The second kappa shape index (κ2) is 5.87. The number of rotatable bonds is 4. The lowest BCUT2D eigenvalue weighted by molar-refractivity contribution is -0.117. The fraction of sp³-hybridized carbons (Fsp3) is 0.188. The summed E-state index contributed by atoms with van der Waals surface area (Å²) in [5.41, 5.74) is 2.86. The smallest absolute Gasteiger partial charge is 0.246 e. The maximum absolute atomic E-state index is 11.8. The highest BCUT2D eigenvalue weighted by atomic mass is 79.9. The van der Waals surface area contributed by atoms with E-state index in [2.05, 4.69) is 26.6 Å². The van der Waals surface area contributed by atoms with Gasteiger partial charge in [-0.25, -0.2) is 0 Å². The lowest BCUT2D eigenvalue weighted by Gasteiger charge is -2.09. The standard InChI is InChI=1S/C16H15BrN2O2/c1-18-15-13-7-6-12(8-14(13)19-16(15)20)21-9-10-2-4-11(17)5-3-10/h2-8,15,18H,9H2,1H3,(H,19,20). The Morgan fingerprint density at radius 1 is 1.24 bits per heavy atom. The zero-order valence-corrected chi connectivity index (χ0v) is 13.1. The predicted molar refractivity (Wildman–Crippen MR) is 85.3 cm³/mol. The summed E-state index contributed by atoms with van der Waals surface area (Å²) >= 11 is 3.41.